The quantitative estimate of drug-likeness (QED) is 0.631. The van der Waals surface area contributed by atoms with Crippen molar-refractivity contribution in [3.63, 3.8) is 0 Å². The Labute approximate surface area is 160 Å². The van der Waals surface area contributed by atoms with Gasteiger partial charge in [-0.3, -0.25) is 4.79 Å². The van der Waals surface area contributed by atoms with E-state index in [-0.39, 0.29) is 11.3 Å². The maximum atomic E-state index is 13.6. The second kappa shape index (κ2) is 8.60. The molecular formula is C20H16ClF2N3O. The lowest BCUT2D eigenvalue weighted by molar-refractivity contribution is 0.102. The van der Waals surface area contributed by atoms with E-state index in [4.69, 9.17) is 11.6 Å². The van der Waals surface area contributed by atoms with Gasteiger partial charge in [0.25, 0.3) is 5.91 Å². The third-order valence-electron chi connectivity index (χ3n) is 3.84. The van der Waals surface area contributed by atoms with Crippen LogP contribution in [0.15, 0.2) is 60.8 Å². The van der Waals surface area contributed by atoms with Crippen LogP contribution in [0.25, 0.3) is 0 Å². The fourth-order valence-corrected chi connectivity index (χ4v) is 2.53. The predicted octanol–water partition coefficient (Wildman–Crippen LogP) is 4.92. The molecule has 3 aromatic rings. The Hall–Kier alpha value is -2.99. The molecule has 4 nitrogen and oxygen atoms in total. The second-order valence-corrected chi connectivity index (χ2v) is 6.25. The van der Waals surface area contributed by atoms with Crippen LogP contribution in [0.2, 0.25) is 5.02 Å². The molecule has 0 bridgehead atoms. The number of carbonyl (C=O) groups excluding carboxylic acids is 1. The molecule has 1 amide bonds. The standard InChI is InChI=1S/C20H16ClF2N3O/c21-15-4-1-13(2-5-15)9-10-24-19-8-3-14(12-25-19)20(27)26-18-7-6-16(22)11-17(18)23/h1-8,11-12H,9-10H2,(H,24,25)(H,26,27). The van der Waals surface area contributed by atoms with Crippen molar-refractivity contribution in [1.29, 1.82) is 0 Å². The fraction of sp³-hybridized carbons (Fsp3) is 0.100. The average molecular weight is 388 g/mol. The van der Waals surface area contributed by atoms with Crippen LogP contribution in [0.1, 0.15) is 15.9 Å². The summed E-state index contributed by atoms with van der Waals surface area (Å²) in [5, 5.41) is 6.25. The molecule has 138 valence electrons. The van der Waals surface area contributed by atoms with E-state index in [1.54, 1.807) is 12.1 Å². The summed E-state index contributed by atoms with van der Waals surface area (Å²) in [6.45, 7) is 0.668. The maximum Gasteiger partial charge on any atom is 0.257 e. The highest BCUT2D eigenvalue weighted by atomic mass is 35.5. The first-order valence-corrected chi connectivity index (χ1v) is 8.60. The summed E-state index contributed by atoms with van der Waals surface area (Å²) in [7, 11) is 0. The molecule has 0 fully saturated rings. The lowest BCUT2D eigenvalue weighted by Crippen LogP contribution is -2.14. The molecule has 0 aliphatic heterocycles. The first-order valence-electron chi connectivity index (χ1n) is 8.22. The van der Waals surface area contributed by atoms with Crippen molar-refractivity contribution in [2.24, 2.45) is 0 Å². The van der Waals surface area contributed by atoms with Gasteiger partial charge >= 0.3 is 0 Å². The van der Waals surface area contributed by atoms with Gasteiger partial charge in [0, 0.05) is 23.8 Å². The number of pyridine rings is 1. The molecule has 1 heterocycles. The summed E-state index contributed by atoms with van der Waals surface area (Å²) >= 11 is 5.85. The highest BCUT2D eigenvalue weighted by Gasteiger charge is 2.10. The van der Waals surface area contributed by atoms with Crippen LogP contribution in [0, 0.1) is 11.6 Å². The van der Waals surface area contributed by atoms with E-state index < -0.39 is 17.5 Å². The van der Waals surface area contributed by atoms with Crippen LogP contribution < -0.4 is 10.6 Å². The van der Waals surface area contributed by atoms with Crippen molar-refractivity contribution in [1.82, 2.24) is 4.98 Å². The fourth-order valence-electron chi connectivity index (χ4n) is 2.40. The Balaban J connectivity index is 1.54. The van der Waals surface area contributed by atoms with E-state index in [0.29, 0.717) is 23.5 Å². The normalized spacial score (nSPS) is 10.5. The van der Waals surface area contributed by atoms with Gasteiger partial charge in [0.15, 0.2) is 0 Å². The highest BCUT2D eigenvalue weighted by molar-refractivity contribution is 6.30. The zero-order valence-electron chi connectivity index (χ0n) is 14.2. The number of amides is 1. The third kappa shape index (κ3) is 5.24. The summed E-state index contributed by atoms with van der Waals surface area (Å²) in [6.07, 6.45) is 2.19. The summed E-state index contributed by atoms with van der Waals surface area (Å²) < 4.78 is 26.5. The number of benzene rings is 2. The molecule has 0 saturated heterocycles. The smallest absolute Gasteiger partial charge is 0.257 e. The summed E-state index contributed by atoms with van der Waals surface area (Å²) in [6, 6.07) is 13.8. The second-order valence-electron chi connectivity index (χ2n) is 5.81. The van der Waals surface area contributed by atoms with Gasteiger partial charge in [0.05, 0.1) is 11.3 Å². The van der Waals surface area contributed by atoms with Crippen LogP contribution in [0.5, 0.6) is 0 Å². The molecule has 3 rings (SSSR count). The van der Waals surface area contributed by atoms with E-state index in [0.717, 1.165) is 18.1 Å². The Morgan fingerprint density at radius 2 is 1.81 bits per heavy atom. The molecule has 7 heteroatoms. The summed E-state index contributed by atoms with van der Waals surface area (Å²) in [5.74, 6) is -1.45. The Morgan fingerprint density at radius 3 is 2.48 bits per heavy atom. The molecular weight excluding hydrogens is 372 g/mol. The van der Waals surface area contributed by atoms with Gasteiger partial charge in [-0.25, -0.2) is 13.8 Å². The Morgan fingerprint density at radius 1 is 1.04 bits per heavy atom. The van der Waals surface area contributed by atoms with Gasteiger partial charge in [-0.2, -0.15) is 0 Å². The minimum absolute atomic E-state index is 0.0911. The van der Waals surface area contributed by atoms with Gasteiger partial charge in [-0.1, -0.05) is 23.7 Å². The van der Waals surface area contributed by atoms with Gasteiger partial charge in [-0.05, 0) is 48.4 Å². The van der Waals surface area contributed by atoms with Crippen LogP contribution in [0.3, 0.4) is 0 Å². The maximum absolute atomic E-state index is 13.6. The minimum Gasteiger partial charge on any atom is -0.370 e. The van der Waals surface area contributed by atoms with Crippen molar-refractivity contribution < 1.29 is 13.6 Å². The number of carbonyl (C=O) groups is 1. The van der Waals surface area contributed by atoms with E-state index in [1.807, 2.05) is 24.3 Å². The molecule has 0 aliphatic carbocycles. The number of hydrogen-bond donors (Lipinski definition) is 2. The van der Waals surface area contributed by atoms with Crippen molar-refractivity contribution >= 4 is 29.0 Å². The largest absolute Gasteiger partial charge is 0.370 e. The van der Waals surface area contributed by atoms with Gasteiger partial charge in [0.1, 0.15) is 17.5 Å². The molecule has 2 aromatic carbocycles. The zero-order valence-corrected chi connectivity index (χ0v) is 14.9. The summed E-state index contributed by atoms with van der Waals surface area (Å²) in [4.78, 5) is 16.3. The lowest BCUT2D eigenvalue weighted by atomic mass is 10.1. The minimum atomic E-state index is -0.836. The number of nitrogens with one attached hydrogen (secondary N) is 2. The van der Waals surface area contributed by atoms with Crippen molar-refractivity contribution in [2.45, 2.75) is 6.42 Å². The van der Waals surface area contributed by atoms with E-state index in [1.165, 1.54) is 12.3 Å². The number of nitrogens with zero attached hydrogens (tertiary/aromatic N) is 1. The van der Waals surface area contributed by atoms with Crippen molar-refractivity contribution in [3.05, 3.63) is 88.6 Å². The molecule has 1 aromatic heterocycles. The van der Waals surface area contributed by atoms with Gasteiger partial charge in [-0.15, -0.1) is 0 Å². The molecule has 27 heavy (non-hydrogen) atoms. The SMILES string of the molecule is O=C(Nc1ccc(F)cc1F)c1ccc(NCCc2ccc(Cl)cc2)nc1. The molecule has 0 atom stereocenters. The molecule has 0 aliphatic rings. The van der Waals surface area contributed by atoms with Crippen LogP contribution in [-0.2, 0) is 6.42 Å². The lowest BCUT2D eigenvalue weighted by Gasteiger charge is -2.08. The Bertz CT molecular complexity index is 931. The van der Waals surface area contributed by atoms with Crippen LogP contribution in [0.4, 0.5) is 20.3 Å². The number of halogens is 3. The monoisotopic (exact) mass is 387 g/mol. The average Bonchev–Trinajstić information content (AvgIpc) is 2.66. The molecule has 2 N–H and O–H groups in total. The highest BCUT2D eigenvalue weighted by Crippen LogP contribution is 2.16. The van der Waals surface area contributed by atoms with Crippen LogP contribution >= 0.6 is 11.6 Å². The molecule has 0 saturated carbocycles. The van der Waals surface area contributed by atoms with E-state index >= 15 is 0 Å². The Kier molecular flexibility index (Phi) is 5.98. The molecule has 0 spiro atoms. The predicted molar refractivity (Wildman–Crippen MR) is 102 cm³/mol. The van der Waals surface area contributed by atoms with E-state index in [9.17, 15) is 13.6 Å². The number of rotatable bonds is 6. The van der Waals surface area contributed by atoms with Crippen molar-refractivity contribution in [3.8, 4) is 0 Å². The zero-order chi connectivity index (χ0) is 19.2. The topological polar surface area (TPSA) is 54.0 Å². The van der Waals surface area contributed by atoms with Gasteiger partial charge in [0.2, 0.25) is 0 Å². The first kappa shape index (κ1) is 18.8. The van der Waals surface area contributed by atoms with Gasteiger partial charge < -0.3 is 10.6 Å². The van der Waals surface area contributed by atoms with Crippen molar-refractivity contribution in [2.75, 3.05) is 17.2 Å². The third-order valence-corrected chi connectivity index (χ3v) is 4.09. The number of anilines is 2. The first-order chi connectivity index (χ1) is 13.0. The number of aromatic nitrogens is 1. The molecule has 0 unspecified atom stereocenters. The number of hydrogen-bond acceptors (Lipinski definition) is 3. The van der Waals surface area contributed by atoms with Crippen LogP contribution in [-0.4, -0.2) is 17.4 Å². The molecule has 0 radical (unpaired) electrons. The summed E-state index contributed by atoms with van der Waals surface area (Å²) in [5.41, 5.74) is 1.32. The van der Waals surface area contributed by atoms with E-state index in [2.05, 4.69) is 15.6 Å².